The van der Waals surface area contributed by atoms with Gasteiger partial charge < -0.3 is 24.4 Å². The van der Waals surface area contributed by atoms with Crippen LogP contribution in [-0.2, 0) is 17.6 Å². The molecule has 4 aliphatic rings. The van der Waals surface area contributed by atoms with Gasteiger partial charge in [0.15, 0.2) is 11.5 Å². The van der Waals surface area contributed by atoms with Crippen molar-refractivity contribution in [3.8, 4) is 17.2 Å². The standard InChI is InChI=1S/C28H36N4O4/c33-27(18-21-3-6-25-26(17-21)36-19-35-25)30-22-4-1-20(2-5-22)8-11-31-12-14-32(15-13-31)28-23-9-16-34-24(23)7-10-29-28/h3,6-7,10,17,20,22H,1-2,4-5,8-9,11-16,18-19H2,(H,30,33)/t20-,22-. The van der Waals surface area contributed by atoms with Crippen molar-refractivity contribution in [1.29, 1.82) is 0 Å². The molecule has 8 heteroatoms. The average molecular weight is 493 g/mol. The second-order valence-corrected chi connectivity index (χ2v) is 10.5. The molecule has 0 spiro atoms. The number of rotatable bonds is 7. The maximum absolute atomic E-state index is 12.6. The van der Waals surface area contributed by atoms with Crippen molar-refractivity contribution in [2.24, 2.45) is 5.92 Å². The highest BCUT2D eigenvalue weighted by molar-refractivity contribution is 5.79. The van der Waals surface area contributed by atoms with Gasteiger partial charge in [-0.2, -0.15) is 0 Å². The highest BCUT2D eigenvalue weighted by atomic mass is 16.7. The number of amides is 1. The first-order chi connectivity index (χ1) is 17.7. The molecule has 1 aromatic carbocycles. The Hall–Kier alpha value is -3.00. The smallest absolute Gasteiger partial charge is 0.231 e. The fourth-order valence-corrected chi connectivity index (χ4v) is 6.03. The minimum absolute atomic E-state index is 0.0975. The Morgan fingerprint density at radius 1 is 0.972 bits per heavy atom. The lowest BCUT2D eigenvalue weighted by molar-refractivity contribution is -0.121. The number of pyridine rings is 1. The number of hydrogen-bond acceptors (Lipinski definition) is 7. The summed E-state index contributed by atoms with van der Waals surface area (Å²) in [6.45, 7) is 6.46. The number of nitrogens with one attached hydrogen (secondary N) is 1. The molecule has 6 rings (SSSR count). The summed E-state index contributed by atoms with van der Waals surface area (Å²) in [4.78, 5) is 22.3. The first kappa shape index (κ1) is 23.4. The van der Waals surface area contributed by atoms with Gasteiger partial charge in [0.25, 0.3) is 0 Å². The summed E-state index contributed by atoms with van der Waals surface area (Å²) in [6.07, 6.45) is 9.06. The van der Waals surface area contributed by atoms with E-state index in [4.69, 9.17) is 14.2 Å². The van der Waals surface area contributed by atoms with Crippen LogP contribution in [0.5, 0.6) is 17.2 Å². The molecular weight excluding hydrogens is 456 g/mol. The molecule has 192 valence electrons. The van der Waals surface area contributed by atoms with E-state index in [9.17, 15) is 4.79 Å². The molecule has 0 radical (unpaired) electrons. The van der Waals surface area contributed by atoms with Crippen LogP contribution in [0.25, 0.3) is 0 Å². The van der Waals surface area contributed by atoms with Gasteiger partial charge in [0.2, 0.25) is 12.7 Å². The minimum atomic E-state index is 0.0975. The zero-order valence-corrected chi connectivity index (χ0v) is 20.9. The van der Waals surface area contributed by atoms with Crippen LogP contribution >= 0.6 is 0 Å². The number of nitrogens with zero attached hydrogens (tertiary/aromatic N) is 3. The molecule has 1 saturated heterocycles. The monoisotopic (exact) mass is 492 g/mol. The lowest BCUT2D eigenvalue weighted by atomic mass is 9.84. The Morgan fingerprint density at radius 3 is 2.67 bits per heavy atom. The molecule has 1 N–H and O–H groups in total. The molecule has 1 aliphatic carbocycles. The molecule has 8 nitrogen and oxygen atoms in total. The number of ether oxygens (including phenoxy) is 3. The van der Waals surface area contributed by atoms with Crippen LogP contribution in [0.15, 0.2) is 30.5 Å². The molecule has 3 aliphatic heterocycles. The van der Waals surface area contributed by atoms with E-state index < -0.39 is 0 Å². The zero-order valence-electron chi connectivity index (χ0n) is 20.9. The molecule has 1 amide bonds. The van der Waals surface area contributed by atoms with Crippen LogP contribution in [-0.4, -0.2) is 68.0 Å². The SMILES string of the molecule is O=C(Cc1ccc2c(c1)OCO2)N[C@H]1CC[C@H](CCN2CCN(c3nccc4c3CCO4)CC2)CC1. The van der Waals surface area contributed by atoms with Gasteiger partial charge in [-0.15, -0.1) is 0 Å². The van der Waals surface area contributed by atoms with Crippen molar-refractivity contribution < 1.29 is 19.0 Å². The molecule has 2 fully saturated rings. The fourth-order valence-electron chi connectivity index (χ4n) is 6.03. The van der Waals surface area contributed by atoms with Gasteiger partial charge in [-0.3, -0.25) is 9.69 Å². The summed E-state index contributed by atoms with van der Waals surface area (Å²) in [6, 6.07) is 8.03. The molecule has 2 aromatic rings. The summed E-state index contributed by atoms with van der Waals surface area (Å²) < 4.78 is 16.5. The van der Waals surface area contributed by atoms with E-state index in [1.807, 2.05) is 30.5 Å². The Balaban J connectivity index is 0.894. The predicted octanol–water partition coefficient (Wildman–Crippen LogP) is 3.18. The zero-order chi connectivity index (χ0) is 24.3. The van der Waals surface area contributed by atoms with Crippen molar-refractivity contribution in [1.82, 2.24) is 15.2 Å². The number of carbonyl (C=O) groups excluding carboxylic acids is 1. The number of benzene rings is 1. The Kier molecular flexibility index (Phi) is 6.86. The molecular formula is C28H36N4O4. The number of fused-ring (bicyclic) bond motifs is 2. The third-order valence-electron chi connectivity index (χ3n) is 8.14. The van der Waals surface area contributed by atoms with Crippen molar-refractivity contribution in [2.45, 2.75) is 51.0 Å². The molecule has 36 heavy (non-hydrogen) atoms. The Morgan fingerprint density at radius 2 is 1.81 bits per heavy atom. The predicted molar refractivity (Wildman–Crippen MR) is 137 cm³/mol. The lowest BCUT2D eigenvalue weighted by Gasteiger charge is -2.37. The van der Waals surface area contributed by atoms with E-state index in [1.54, 1.807) is 0 Å². The molecule has 1 saturated carbocycles. The second kappa shape index (κ2) is 10.5. The van der Waals surface area contributed by atoms with Gasteiger partial charge in [-0.1, -0.05) is 6.07 Å². The van der Waals surface area contributed by atoms with Gasteiger partial charge in [-0.25, -0.2) is 4.98 Å². The van der Waals surface area contributed by atoms with Crippen LogP contribution in [0.2, 0.25) is 0 Å². The fraction of sp³-hybridized carbons (Fsp3) is 0.571. The van der Waals surface area contributed by atoms with E-state index in [0.717, 1.165) is 86.6 Å². The number of hydrogen-bond donors (Lipinski definition) is 1. The number of carbonyl (C=O) groups is 1. The summed E-state index contributed by atoms with van der Waals surface area (Å²) in [5, 5.41) is 3.26. The topological polar surface area (TPSA) is 76.2 Å². The molecule has 1 aromatic heterocycles. The highest BCUT2D eigenvalue weighted by Gasteiger charge is 2.26. The molecule has 0 unspecified atom stereocenters. The van der Waals surface area contributed by atoms with Crippen molar-refractivity contribution in [2.75, 3.05) is 51.0 Å². The summed E-state index contributed by atoms with van der Waals surface area (Å²) in [5.74, 6) is 4.50. The lowest BCUT2D eigenvalue weighted by Crippen LogP contribution is -2.47. The molecule has 0 atom stereocenters. The van der Waals surface area contributed by atoms with Crippen molar-refractivity contribution in [3.05, 3.63) is 41.6 Å². The first-order valence-corrected chi connectivity index (χ1v) is 13.5. The number of aromatic nitrogens is 1. The average Bonchev–Trinajstić information content (AvgIpc) is 3.58. The van der Waals surface area contributed by atoms with Gasteiger partial charge in [0.1, 0.15) is 11.6 Å². The second-order valence-electron chi connectivity index (χ2n) is 10.5. The molecule has 0 bridgehead atoms. The number of piperazine rings is 1. The van der Waals surface area contributed by atoms with E-state index in [0.29, 0.717) is 12.5 Å². The summed E-state index contributed by atoms with van der Waals surface area (Å²) >= 11 is 0. The van der Waals surface area contributed by atoms with Crippen LogP contribution in [0.1, 0.15) is 43.2 Å². The van der Waals surface area contributed by atoms with Crippen molar-refractivity contribution in [3.63, 3.8) is 0 Å². The quantitative estimate of drug-likeness (QED) is 0.636. The minimum Gasteiger partial charge on any atom is -0.493 e. The maximum Gasteiger partial charge on any atom is 0.231 e. The largest absolute Gasteiger partial charge is 0.493 e. The van der Waals surface area contributed by atoms with Crippen LogP contribution in [0.4, 0.5) is 5.82 Å². The third kappa shape index (κ3) is 5.24. The Bertz CT molecular complexity index is 1080. The van der Waals surface area contributed by atoms with E-state index in [-0.39, 0.29) is 12.7 Å². The summed E-state index contributed by atoms with van der Waals surface area (Å²) in [5.41, 5.74) is 2.25. The van der Waals surface area contributed by atoms with Crippen LogP contribution in [0.3, 0.4) is 0 Å². The Labute approximate surface area is 212 Å². The van der Waals surface area contributed by atoms with Gasteiger partial charge >= 0.3 is 0 Å². The van der Waals surface area contributed by atoms with E-state index in [2.05, 4.69) is 20.1 Å². The van der Waals surface area contributed by atoms with Gasteiger partial charge in [0, 0.05) is 50.4 Å². The van der Waals surface area contributed by atoms with Crippen LogP contribution < -0.4 is 24.4 Å². The highest BCUT2D eigenvalue weighted by Crippen LogP contribution is 2.34. The van der Waals surface area contributed by atoms with E-state index in [1.165, 1.54) is 31.4 Å². The van der Waals surface area contributed by atoms with E-state index >= 15 is 0 Å². The third-order valence-corrected chi connectivity index (χ3v) is 8.14. The van der Waals surface area contributed by atoms with Gasteiger partial charge in [0.05, 0.1) is 13.0 Å². The maximum atomic E-state index is 12.6. The van der Waals surface area contributed by atoms with Crippen LogP contribution in [0, 0.1) is 5.92 Å². The van der Waals surface area contributed by atoms with Crippen molar-refractivity contribution >= 4 is 11.7 Å². The molecule has 4 heterocycles. The first-order valence-electron chi connectivity index (χ1n) is 13.5. The normalized spacial score (nSPS) is 23.3. The number of anilines is 1. The summed E-state index contributed by atoms with van der Waals surface area (Å²) in [7, 11) is 0. The van der Waals surface area contributed by atoms with Gasteiger partial charge in [-0.05, 0) is 68.3 Å².